The van der Waals surface area contributed by atoms with E-state index in [4.69, 9.17) is 14.9 Å². The molecule has 2 rings (SSSR count). The minimum absolute atomic E-state index is 0.558. The van der Waals surface area contributed by atoms with Crippen molar-refractivity contribution >= 4 is 18.2 Å². The molecule has 0 aliphatic heterocycles. The van der Waals surface area contributed by atoms with Crippen LogP contribution in [-0.4, -0.2) is 52.1 Å². The molecule has 0 saturated heterocycles. The quantitative estimate of drug-likeness (QED) is 0.264. The highest BCUT2D eigenvalue weighted by Gasteiger charge is 1.97. The minimum Gasteiger partial charge on any atom is -0.494 e. The highest BCUT2D eigenvalue weighted by atomic mass is 16.6. The van der Waals surface area contributed by atoms with Crippen LogP contribution in [0.5, 0.6) is 5.75 Å². The normalized spacial score (nSPS) is 10.4. The monoisotopic (exact) mass is 375 g/mol. The Hall–Kier alpha value is -3.62. The van der Waals surface area contributed by atoms with Gasteiger partial charge in [-0.3, -0.25) is 0 Å². The third-order valence-electron chi connectivity index (χ3n) is 2.97. The number of benzene rings is 1. The van der Waals surface area contributed by atoms with Gasteiger partial charge in [0.05, 0.1) is 19.1 Å². The molecule has 0 saturated carbocycles. The molecule has 27 heavy (non-hydrogen) atoms. The Morgan fingerprint density at radius 2 is 1.85 bits per heavy atom. The third-order valence-corrected chi connectivity index (χ3v) is 2.97. The van der Waals surface area contributed by atoms with E-state index in [2.05, 4.69) is 20.0 Å². The molecule has 0 amide bonds. The number of carbonyl (C=O) groups is 2. The molecule has 0 bridgehead atoms. The molecule has 1 heterocycles. The van der Waals surface area contributed by atoms with Crippen molar-refractivity contribution in [2.75, 3.05) is 13.7 Å². The van der Waals surface area contributed by atoms with Gasteiger partial charge in [-0.05, 0) is 42.7 Å². The lowest BCUT2D eigenvalue weighted by molar-refractivity contribution is -0.134. The number of imidazole rings is 1. The minimum atomic E-state index is -1.26. The molecule has 9 heteroatoms. The second kappa shape index (κ2) is 12.7. The molecule has 0 unspecified atom stereocenters. The van der Waals surface area contributed by atoms with Gasteiger partial charge in [-0.2, -0.15) is 0 Å². The maximum atomic E-state index is 9.55. The SMILES string of the molecule is CO/N=C/c1ccc(OCCCc2cnc[nH]2)cc1.O=C(O)/C=C\C(=O)O. The van der Waals surface area contributed by atoms with Crippen LogP contribution in [0.4, 0.5) is 0 Å². The fraction of sp³-hybridized carbons (Fsp3) is 0.222. The molecule has 3 N–H and O–H groups in total. The Balaban J connectivity index is 0.000000387. The number of aliphatic carboxylic acids is 2. The number of hydrogen-bond acceptors (Lipinski definition) is 6. The summed E-state index contributed by atoms with van der Waals surface area (Å²) in [4.78, 5) is 30.8. The van der Waals surface area contributed by atoms with E-state index in [0.29, 0.717) is 18.8 Å². The van der Waals surface area contributed by atoms with Crippen LogP contribution >= 0.6 is 0 Å². The number of rotatable bonds is 9. The van der Waals surface area contributed by atoms with Gasteiger partial charge in [0.2, 0.25) is 0 Å². The van der Waals surface area contributed by atoms with Crippen LogP contribution in [0.1, 0.15) is 17.7 Å². The van der Waals surface area contributed by atoms with E-state index in [1.165, 1.54) is 7.11 Å². The number of ether oxygens (including phenoxy) is 1. The van der Waals surface area contributed by atoms with Gasteiger partial charge in [-0.1, -0.05) is 5.16 Å². The van der Waals surface area contributed by atoms with E-state index in [1.54, 1.807) is 12.5 Å². The average Bonchev–Trinajstić information content (AvgIpc) is 3.17. The predicted octanol–water partition coefficient (Wildman–Crippen LogP) is 2.11. The number of nitrogens with one attached hydrogen (secondary N) is 1. The predicted molar refractivity (Wildman–Crippen MR) is 97.9 cm³/mol. The number of aromatic nitrogens is 2. The molecule has 2 aromatic rings. The van der Waals surface area contributed by atoms with Crippen molar-refractivity contribution in [3.63, 3.8) is 0 Å². The summed E-state index contributed by atoms with van der Waals surface area (Å²) in [5.41, 5.74) is 2.11. The first-order valence-electron chi connectivity index (χ1n) is 7.92. The van der Waals surface area contributed by atoms with Crippen molar-refractivity contribution in [3.05, 3.63) is 60.2 Å². The lowest BCUT2D eigenvalue weighted by Crippen LogP contribution is -1.99. The average molecular weight is 375 g/mol. The lowest BCUT2D eigenvalue weighted by atomic mass is 10.2. The van der Waals surface area contributed by atoms with Crippen LogP contribution in [0.15, 0.2) is 54.1 Å². The van der Waals surface area contributed by atoms with E-state index < -0.39 is 11.9 Å². The molecule has 144 valence electrons. The highest BCUT2D eigenvalue weighted by molar-refractivity contribution is 5.89. The third kappa shape index (κ3) is 10.8. The number of hydrogen-bond donors (Lipinski definition) is 3. The number of carboxylic acid groups (broad SMARTS) is 2. The summed E-state index contributed by atoms with van der Waals surface area (Å²) >= 11 is 0. The number of aromatic amines is 1. The summed E-state index contributed by atoms with van der Waals surface area (Å²) in [6, 6.07) is 7.72. The maximum absolute atomic E-state index is 9.55. The molecule has 0 radical (unpaired) electrons. The van der Waals surface area contributed by atoms with Crippen LogP contribution in [-0.2, 0) is 20.8 Å². The molecule has 0 spiro atoms. The van der Waals surface area contributed by atoms with Crippen molar-refractivity contribution in [2.45, 2.75) is 12.8 Å². The van der Waals surface area contributed by atoms with Gasteiger partial charge < -0.3 is 24.8 Å². The fourth-order valence-electron chi connectivity index (χ4n) is 1.78. The van der Waals surface area contributed by atoms with Gasteiger partial charge in [0.25, 0.3) is 0 Å². The maximum Gasteiger partial charge on any atom is 0.328 e. The van der Waals surface area contributed by atoms with Crippen molar-refractivity contribution in [1.29, 1.82) is 0 Å². The summed E-state index contributed by atoms with van der Waals surface area (Å²) in [7, 11) is 1.52. The Labute approximate surface area is 156 Å². The molecule has 0 fully saturated rings. The van der Waals surface area contributed by atoms with Crippen molar-refractivity contribution in [2.24, 2.45) is 5.16 Å². The molecule has 1 aromatic carbocycles. The Morgan fingerprint density at radius 1 is 1.19 bits per heavy atom. The lowest BCUT2D eigenvalue weighted by Gasteiger charge is -2.05. The molecule has 0 atom stereocenters. The van der Waals surface area contributed by atoms with Gasteiger partial charge in [0, 0.05) is 24.0 Å². The standard InChI is InChI=1S/C14H17N3O2.C4H4O4/c1-18-17-9-12-4-6-14(7-5-12)19-8-2-3-13-10-15-11-16-13;5-3(6)1-2-4(7)8/h4-7,9-11H,2-3,8H2,1H3,(H,15,16);1-2H,(H,5,6)(H,7,8)/b17-9+;2-1-. The highest BCUT2D eigenvalue weighted by Crippen LogP contribution is 2.11. The molecular weight excluding hydrogens is 354 g/mol. The number of oxime groups is 1. The Bertz CT molecular complexity index is 723. The molecule has 0 aliphatic carbocycles. The van der Waals surface area contributed by atoms with Crippen LogP contribution < -0.4 is 4.74 Å². The van der Waals surface area contributed by atoms with Gasteiger partial charge in [-0.25, -0.2) is 14.6 Å². The zero-order valence-electron chi connectivity index (χ0n) is 14.7. The van der Waals surface area contributed by atoms with Crippen LogP contribution in [0.3, 0.4) is 0 Å². The summed E-state index contributed by atoms with van der Waals surface area (Å²) in [6.45, 7) is 0.685. The second-order valence-electron chi connectivity index (χ2n) is 5.02. The van der Waals surface area contributed by atoms with Crippen molar-refractivity contribution < 1.29 is 29.4 Å². The van der Waals surface area contributed by atoms with Crippen LogP contribution in [0.2, 0.25) is 0 Å². The second-order valence-corrected chi connectivity index (χ2v) is 5.02. The van der Waals surface area contributed by atoms with Gasteiger partial charge >= 0.3 is 11.9 Å². The molecule has 1 aromatic heterocycles. The van der Waals surface area contributed by atoms with Gasteiger partial charge in [-0.15, -0.1) is 0 Å². The first-order valence-corrected chi connectivity index (χ1v) is 7.92. The summed E-state index contributed by atoms with van der Waals surface area (Å²) in [6.07, 6.45) is 8.20. The van der Waals surface area contributed by atoms with Crippen molar-refractivity contribution in [1.82, 2.24) is 9.97 Å². The fourth-order valence-corrected chi connectivity index (χ4v) is 1.78. The number of carboxylic acids is 2. The van der Waals surface area contributed by atoms with E-state index in [0.717, 1.165) is 29.8 Å². The van der Waals surface area contributed by atoms with E-state index in [9.17, 15) is 9.59 Å². The van der Waals surface area contributed by atoms with Gasteiger partial charge in [0.1, 0.15) is 12.9 Å². The number of H-pyrrole nitrogens is 1. The summed E-state index contributed by atoms with van der Waals surface area (Å²) in [5, 5.41) is 19.3. The zero-order valence-corrected chi connectivity index (χ0v) is 14.7. The summed E-state index contributed by atoms with van der Waals surface area (Å²) in [5.74, 6) is -1.65. The van der Waals surface area contributed by atoms with Crippen LogP contribution in [0.25, 0.3) is 0 Å². The van der Waals surface area contributed by atoms with E-state index in [-0.39, 0.29) is 0 Å². The number of nitrogens with zero attached hydrogens (tertiary/aromatic N) is 2. The molecule has 9 nitrogen and oxygen atoms in total. The van der Waals surface area contributed by atoms with Crippen LogP contribution in [0, 0.1) is 0 Å². The Kier molecular flexibility index (Phi) is 10.1. The zero-order chi connectivity index (χ0) is 19.9. The molecule has 0 aliphatic rings. The largest absolute Gasteiger partial charge is 0.494 e. The van der Waals surface area contributed by atoms with E-state index >= 15 is 0 Å². The summed E-state index contributed by atoms with van der Waals surface area (Å²) < 4.78 is 5.65. The van der Waals surface area contributed by atoms with Gasteiger partial charge in [0.15, 0.2) is 0 Å². The first-order chi connectivity index (χ1) is 13.0. The topological polar surface area (TPSA) is 134 Å². The first kappa shape index (κ1) is 21.4. The molecular formula is C18H21N3O6. The number of aryl methyl sites for hydroxylation is 1. The van der Waals surface area contributed by atoms with Crippen molar-refractivity contribution in [3.8, 4) is 5.75 Å². The van der Waals surface area contributed by atoms with E-state index in [1.807, 2.05) is 30.5 Å². The smallest absolute Gasteiger partial charge is 0.328 e. The Morgan fingerprint density at radius 3 is 2.37 bits per heavy atom.